The second-order valence-corrected chi connectivity index (χ2v) is 5.17. The molecule has 0 saturated heterocycles. The molecule has 0 aliphatic carbocycles. The van der Waals surface area contributed by atoms with Crippen LogP contribution in [0.1, 0.15) is 28.4 Å². The molecule has 0 N–H and O–H groups in total. The van der Waals surface area contributed by atoms with E-state index in [4.69, 9.17) is 4.74 Å². The third-order valence-electron chi connectivity index (χ3n) is 3.54. The van der Waals surface area contributed by atoms with E-state index in [-0.39, 0.29) is 12.6 Å². The topological polar surface area (TPSA) is 57.0 Å². The summed E-state index contributed by atoms with van der Waals surface area (Å²) in [5.74, 6) is -0.353. The molecule has 5 nitrogen and oxygen atoms in total. The van der Waals surface area contributed by atoms with Crippen LogP contribution in [0.25, 0.3) is 11.0 Å². The number of hydrogen-bond donors (Lipinski definition) is 0. The molecule has 0 spiro atoms. The Morgan fingerprint density at radius 2 is 1.95 bits per heavy atom. The lowest BCUT2D eigenvalue weighted by Crippen LogP contribution is -2.05. The predicted octanol–water partition coefficient (Wildman–Crippen LogP) is 3.12. The number of carbonyl (C=O) groups excluding carboxylic acids is 1. The van der Waals surface area contributed by atoms with Gasteiger partial charge in [-0.25, -0.2) is 9.48 Å². The molecule has 0 fully saturated rings. The molecule has 3 aromatic rings. The molecule has 0 bridgehead atoms. The summed E-state index contributed by atoms with van der Waals surface area (Å²) in [5, 5.41) is 8.10. The van der Waals surface area contributed by atoms with Crippen molar-refractivity contribution in [1.29, 1.82) is 0 Å². The first kappa shape index (κ1) is 14.3. The molecule has 0 aliphatic rings. The van der Waals surface area contributed by atoms with Crippen molar-refractivity contribution >= 4 is 17.0 Å². The summed E-state index contributed by atoms with van der Waals surface area (Å²) in [5.41, 5.74) is 4.25. The van der Waals surface area contributed by atoms with Crippen molar-refractivity contribution in [3.8, 4) is 0 Å². The van der Waals surface area contributed by atoms with Gasteiger partial charge in [-0.1, -0.05) is 35.0 Å². The van der Waals surface area contributed by atoms with E-state index in [1.807, 2.05) is 44.2 Å². The summed E-state index contributed by atoms with van der Waals surface area (Å²) in [4.78, 5) is 12.1. The average molecular weight is 295 g/mol. The Labute approximate surface area is 128 Å². The maximum Gasteiger partial charge on any atom is 0.338 e. The van der Waals surface area contributed by atoms with Gasteiger partial charge in [-0.3, -0.25) is 0 Å². The summed E-state index contributed by atoms with van der Waals surface area (Å²) in [6.07, 6.45) is 0. The van der Waals surface area contributed by atoms with Crippen LogP contribution in [0.15, 0.2) is 42.5 Å². The number of carbonyl (C=O) groups is 1. The number of nitrogens with zero attached hydrogens (tertiary/aromatic N) is 3. The quantitative estimate of drug-likeness (QED) is 0.694. The van der Waals surface area contributed by atoms with Crippen molar-refractivity contribution in [2.24, 2.45) is 0 Å². The van der Waals surface area contributed by atoms with Gasteiger partial charge in [-0.15, -0.1) is 5.10 Å². The molecule has 0 saturated carbocycles. The summed E-state index contributed by atoms with van der Waals surface area (Å²) >= 11 is 0. The van der Waals surface area contributed by atoms with E-state index < -0.39 is 0 Å². The second kappa shape index (κ2) is 5.97. The van der Waals surface area contributed by atoms with Crippen LogP contribution in [0, 0.1) is 6.92 Å². The van der Waals surface area contributed by atoms with E-state index in [1.165, 1.54) is 5.56 Å². The number of ether oxygens (including phenoxy) is 1. The fourth-order valence-corrected chi connectivity index (χ4v) is 2.25. The first-order valence-electron chi connectivity index (χ1n) is 7.23. The van der Waals surface area contributed by atoms with Crippen LogP contribution in [0.4, 0.5) is 0 Å². The Balaban J connectivity index is 1.73. The normalized spacial score (nSPS) is 10.8. The van der Waals surface area contributed by atoms with Crippen LogP contribution in [0.3, 0.4) is 0 Å². The van der Waals surface area contributed by atoms with Gasteiger partial charge in [0.15, 0.2) is 0 Å². The zero-order valence-electron chi connectivity index (χ0n) is 12.6. The largest absolute Gasteiger partial charge is 0.457 e. The van der Waals surface area contributed by atoms with E-state index in [1.54, 1.807) is 16.8 Å². The van der Waals surface area contributed by atoms with Gasteiger partial charge in [0, 0.05) is 6.54 Å². The van der Waals surface area contributed by atoms with Crippen LogP contribution in [0.5, 0.6) is 0 Å². The molecule has 0 aliphatic heterocycles. The van der Waals surface area contributed by atoms with Crippen LogP contribution in [-0.2, 0) is 17.9 Å². The Morgan fingerprint density at radius 3 is 2.68 bits per heavy atom. The molecule has 112 valence electrons. The lowest BCUT2D eigenvalue weighted by Gasteiger charge is -2.05. The lowest BCUT2D eigenvalue weighted by molar-refractivity contribution is 0.0473. The Bertz CT molecular complexity index is 806. The Hall–Kier alpha value is -2.69. The molecule has 0 unspecified atom stereocenters. The lowest BCUT2D eigenvalue weighted by atomic mass is 10.1. The van der Waals surface area contributed by atoms with Crippen LogP contribution < -0.4 is 0 Å². The molecule has 2 aromatic carbocycles. The van der Waals surface area contributed by atoms with Crippen molar-refractivity contribution in [2.45, 2.75) is 27.0 Å². The number of rotatable bonds is 4. The number of benzene rings is 2. The summed E-state index contributed by atoms with van der Waals surface area (Å²) in [7, 11) is 0. The first-order valence-corrected chi connectivity index (χ1v) is 7.23. The maximum absolute atomic E-state index is 12.1. The molecular weight excluding hydrogens is 278 g/mol. The first-order chi connectivity index (χ1) is 10.7. The fraction of sp³-hybridized carbons (Fsp3) is 0.235. The van der Waals surface area contributed by atoms with Crippen LogP contribution in [-0.4, -0.2) is 21.0 Å². The zero-order chi connectivity index (χ0) is 15.5. The van der Waals surface area contributed by atoms with Crippen molar-refractivity contribution in [2.75, 3.05) is 0 Å². The van der Waals surface area contributed by atoms with Gasteiger partial charge in [0.05, 0.1) is 11.1 Å². The molecule has 1 aromatic heterocycles. The highest BCUT2D eigenvalue weighted by Crippen LogP contribution is 2.15. The van der Waals surface area contributed by atoms with E-state index in [2.05, 4.69) is 10.3 Å². The van der Waals surface area contributed by atoms with Crippen molar-refractivity contribution in [3.63, 3.8) is 0 Å². The highest BCUT2D eigenvalue weighted by molar-refractivity contribution is 5.93. The monoisotopic (exact) mass is 295 g/mol. The summed E-state index contributed by atoms with van der Waals surface area (Å²) in [6.45, 7) is 5.03. The Morgan fingerprint density at radius 1 is 1.18 bits per heavy atom. The SMILES string of the molecule is CCn1nnc2cc(C(=O)OCc3ccc(C)cc3)ccc21. The van der Waals surface area contributed by atoms with Crippen LogP contribution >= 0.6 is 0 Å². The average Bonchev–Trinajstić information content (AvgIpc) is 2.96. The maximum atomic E-state index is 12.1. The molecule has 1 heterocycles. The second-order valence-electron chi connectivity index (χ2n) is 5.17. The smallest absolute Gasteiger partial charge is 0.338 e. The predicted molar refractivity (Wildman–Crippen MR) is 83.5 cm³/mol. The van der Waals surface area contributed by atoms with Gasteiger partial charge >= 0.3 is 5.97 Å². The number of esters is 1. The minimum absolute atomic E-state index is 0.263. The highest BCUT2D eigenvalue weighted by atomic mass is 16.5. The number of fused-ring (bicyclic) bond motifs is 1. The van der Waals surface area contributed by atoms with E-state index in [0.29, 0.717) is 11.1 Å². The van der Waals surface area contributed by atoms with E-state index >= 15 is 0 Å². The molecule has 0 amide bonds. The highest BCUT2D eigenvalue weighted by Gasteiger charge is 2.11. The number of hydrogen-bond acceptors (Lipinski definition) is 4. The molecule has 0 radical (unpaired) electrons. The van der Waals surface area contributed by atoms with Gasteiger partial charge in [-0.2, -0.15) is 0 Å². The third kappa shape index (κ3) is 2.83. The van der Waals surface area contributed by atoms with Crippen molar-refractivity contribution in [3.05, 3.63) is 59.2 Å². The molecule has 3 rings (SSSR count). The van der Waals surface area contributed by atoms with Gasteiger partial charge in [-0.05, 0) is 37.6 Å². The van der Waals surface area contributed by atoms with Crippen molar-refractivity contribution < 1.29 is 9.53 Å². The fourth-order valence-electron chi connectivity index (χ4n) is 2.25. The van der Waals surface area contributed by atoms with E-state index in [9.17, 15) is 4.79 Å². The third-order valence-corrected chi connectivity index (χ3v) is 3.54. The van der Waals surface area contributed by atoms with Gasteiger partial charge in [0.25, 0.3) is 0 Å². The summed E-state index contributed by atoms with van der Waals surface area (Å²) in [6, 6.07) is 13.2. The summed E-state index contributed by atoms with van der Waals surface area (Å²) < 4.78 is 7.13. The van der Waals surface area contributed by atoms with Crippen LogP contribution in [0.2, 0.25) is 0 Å². The van der Waals surface area contributed by atoms with Crippen molar-refractivity contribution in [1.82, 2.24) is 15.0 Å². The minimum Gasteiger partial charge on any atom is -0.457 e. The Kier molecular flexibility index (Phi) is 3.87. The molecular formula is C17H17N3O2. The van der Waals surface area contributed by atoms with Gasteiger partial charge in [0.2, 0.25) is 0 Å². The number of aromatic nitrogens is 3. The minimum atomic E-state index is -0.353. The molecule has 5 heteroatoms. The molecule has 0 atom stereocenters. The van der Waals surface area contributed by atoms with E-state index in [0.717, 1.165) is 17.6 Å². The molecule has 22 heavy (non-hydrogen) atoms. The van der Waals surface area contributed by atoms with Gasteiger partial charge < -0.3 is 4.74 Å². The van der Waals surface area contributed by atoms with Gasteiger partial charge in [0.1, 0.15) is 12.1 Å². The number of aryl methyl sites for hydroxylation is 2. The standard InChI is InChI=1S/C17H17N3O2/c1-3-20-16-9-8-14(10-15(16)18-19-20)17(21)22-11-13-6-4-12(2)5-7-13/h4-10H,3,11H2,1-2H3. The zero-order valence-corrected chi connectivity index (χ0v) is 12.6.